The minimum absolute atomic E-state index is 0.171. The number of rotatable bonds is 4. The van der Waals surface area contributed by atoms with Gasteiger partial charge in [0.1, 0.15) is 0 Å². The highest BCUT2D eigenvalue weighted by Gasteiger charge is 2.24. The molecule has 0 bridgehead atoms. The van der Waals surface area contributed by atoms with Gasteiger partial charge in [0.15, 0.2) is 0 Å². The molecule has 21 heavy (non-hydrogen) atoms. The summed E-state index contributed by atoms with van der Waals surface area (Å²) < 4.78 is 24.7. The van der Waals surface area contributed by atoms with E-state index >= 15 is 0 Å². The Labute approximate surface area is 128 Å². The van der Waals surface area contributed by atoms with Crippen LogP contribution in [-0.4, -0.2) is 45.2 Å². The molecule has 1 saturated heterocycles. The van der Waals surface area contributed by atoms with Gasteiger partial charge < -0.3 is 4.90 Å². The van der Waals surface area contributed by atoms with Gasteiger partial charge >= 0.3 is 0 Å². The van der Waals surface area contributed by atoms with Crippen molar-refractivity contribution in [2.24, 2.45) is 0 Å². The maximum atomic E-state index is 11.6. The molecule has 0 saturated carbocycles. The molecule has 1 aliphatic heterocycles. The third-order valence-corrected chi connectivity index (χ3v) is 5.89. The molecule has 0 atom stereocenters. The number of hydrogen-bond donors (Lipinski definition) is 0. The van der Waals surface area contributed by atoms with E-state index in [9.17, 15) is 8.42 Å². The van der Waals surface area contributed by atoms with Crippen molar-refractivity contribution < 1.29 is 8.42 Å². The highest BCUT2D eigenvalue weighted by molar-refractivity contribution is 7.88. The maximum absolute atomic E-state index is 11.6. The molecule has 1 aromatic rings. The van der Waals surface area contributed by atoms with Gasteiger partial charge in [-0.15, -0.1) is 0 Å². The molecule has 1 aromatic carbocycles. The quantitative estimate of drug-likeness (QED) is 0.858. The first-order valence-electron chi connectivity index (χ1n) is 7.54. The fourth-order valence-electron chi connectivity index (χ4n) is 2.61. The highest BCUT2D eigenvalue weighted by atomic mass is 32.2. The zero-order valence-electron chi connectivity index (χ0n) is 13.5. The topological polar surface area (TPSA) is 40.6 Å². The van der Waals surface area contributed by atoms with E-state index in [0.717, 1.165) is 19.5 Å². The van der Waals surface area contributed by atoms with Crippen LogP contribution in [0.3, 0.4) is 0 Å². The summed E-state index contributed by atoms with van der Waals surface area (Å²) in [6, 6.07) is 8.65. The summed E-state index contributed by atoms with van der Waals surface area (Å²) in [5.74, 6) is 0. The van der Waals surface area contributed by atoms with E-state index in [-0.39, 0.29) is 5.41 Å². The molecule has 0 aliphatic carbocycles. The molecular weight excluding hydrogens is 284 g/mol. The minimum Gasteiger partial charge on any atom is -0.369 e. The number of nitrogens with zero attached hydrogens (tertiary/aromatic N) is 2. The Morgan fingerprint density at radius 1 is 1.14 bits per heavy atom. The minimum atomic E-state index is -3.06. The van der Waals surface area contributed by atoms with Crippen molar-refractivity contribution in [3.63, 3.8) is 0 Å². The Hall–Kier alpha value is -1.07. The van der Waals surface area contributed by atoms with Gasteiger partial charge in [0.2, 0.25) is 10.0 Å². The Morgan fingerprint density at radius 2 is 1.76 bits per heavy atom. The molecule has 4 nitrogen and oxygen atoms in total. The van der Waals surface area contributed by atoms with E-state index in [1.165, 1.54) is 17.5 Å². The summed E-state index contributed by atoms with van der Waals surface area (Å²) in [7, 11) is -3.06. The van der Waals surface area contributed by atoms with Crippen molar-refractivity contribution in [3.8, 4) is 0 Å². The monoisotopic (exact) mass is 310 g/mol. The number of benzene rings is 1. The van der Waals surface area contributed by atoms with Crippen molar-refractivity contribution in [1.82, 2.24) is 4.31 Å². The second-order valence-corrected chi connectivity index (χ2v) is 8.42. The van der Waals surface area contributed by atoms with Gasteiger partial charge in [0.05, 0.1) is 6.26 Å². The smallest absolute Gasteiger partial charge is 0.211 e. The van der Waals surface area contributed by atoms with Gasteiger partial charge in [-0.1, -0.05) is 32.9 Å². The first kappa shape index (κ1) is 16.3. The van der Waals surface area contributed by atoms with E-state index in [2.05, 4.69) is 49.9 Å². The van der Waals surface area contributed by atoms with E-state index in [1.807, 2.05) is 0 Å². The summed E-state index contributed by atoms with van der Waals surface area (Å²) in [4.78, 5) is 2.27. The Morgan fingerprint density at radius 3 is 2.29 bits per heavy atom. The van der Waals surface area contributed by atoms with Gasteiger partial charge in [-0.25, -0.2) is 8.42 Å². The number of sulfonamides is 1. The molecule has 0 N–H and O–H groups in total. The Bertz CT molecular complexity index is 588. The summed E-state index contributed by atoms with van der Waals surface area (Å²) in [6.45, 7) is 9.37. The first-order chi connectivity index (χ1) is 9.74. The molecule has 0 amide bonds. The molecule has 0 unspecified atom stereocenters. The van der Waals surface area contributed by atoms with Crippen LogP contribution < -0.4 is 4.90 Å². The molecule has 0 aromatic heterocycles. The van der Waals surface area contributed by atoms with Gasteiger partial charge in [0.25, 0.3) is 0 Å². The standard InChI is InChI=1S/C16H26N2O2S/c1-5-16(2,3)14-7-6-8-15(13-14)17-9-11-18(12-10-17)21(4,19)20/h6-8,13H,5,9-12H2,1-4H3. The third-order valence-electron chi connectivity index (χ3n) is 4.58. The summed E-state index contributed by atoms with van der Waals surface area (Å²) in [5, 5.41) is 0. The molecule has 2 rings (SSSR count). The van der Waals surface area contributed by atoms with E-state index in [4.69, 9.17) is 0 Å². The molecule has 5 heteroatoms. The lowest BCUT2D eigenvalue weighted by atomic mass is 9.82. The number of piperazine rings is 1. The van der Waals surface area contributed by atoms with Crippen molar-refractivity contribution in [2.45, 2.75) is 32.6 Å². The molecule has 0 radical (unpaired) electrons. The molecular formula is C16H26N2O2S. The van der Waals surface area contributed by atoms with Crippen LogP contribution in [-0.2, 0) is 15.4 Å². The number of hydrogen-bond acceptors (Lipinski definition) is 3. The van der Waals surface area contributed by atoms with E-state index in [1.54, 1.807) is 4.31 Å². The lowest BCUT2D eigenvalue weighted by Gasteiger charge is -2.35. The van der Waals surface area contributed by atoms with Crippen molar-refractivity contribution in [3.05, 3.63) is 29.8 Å². The predicted octanol–water partition coefficient (Wildman–Crippen LogP) is 2.46. The fraction of sp³-hybridized carbons (Fsp3) is 0.625. The zero-order chi connectivity index (χ0) is 15.7. The fourth-order valence-corrected chi connectivity index (χ4v) is 3.43. The third kappa shape index (κ3) is 3.77. The zero-order valence-corrected chi connectivity index (χ0v) is 14.3. The van der Waals surface area contributed by atoms with E-state index < -0.39 is 10.0 Å². The van der Waals surface area contributed by atoms with Crippen LogP contribution in [0.2, 0.25) is 0 Å². The average Bonchev–Trinajstić information content (AvgIpc) is 2.46. The summed E-state index contributed by atoms with van der Waals surface area (Å²) >= 11 is 0. The van der Waals surface area contributed by atoms with Gasteiger partial charge in [-0.05, 0) is 29.5 Å². The van der Waals surface area contributed by atoms with E-state index in [0.29, 0.717) is 13.1 Å². The normalized spacial score (nSPS) is 18.0. The van der Waals surface area contributed by atoms with Crippen LogP contribution in [0.25, 0.3) is 0 Å². The average molecular weight is 310 g/mol. The second-order valence-electron chi connectivity index (χ2n) is 6.44. The lowest BCUT2D eigenvalue weighted by molar-refractivity contribution is 0.388. The summed E-state index contributed by atoms with van der Waals surface area (Å²) in [5.41, 5.74) is 2.71. The molecule has 118 valence electrons. The second kappa shape index (κ2) is 5.97. The molecule has 1 fully saturated rings. The lowest BCUT2D eigenvalue weighted by Crippen LogP contribution is -2.48. The molecule has 0 spiro atoms. The SMILES string of the molecule is CCC(C)(C)c1cccc(N2CCN(S(C)(=O)=O)CC2)c1. The van der Waals surface area contributed by atoms with Crippen LogP contribution >= 0.6 is 0 Å². The molecule has 1 heterocycles. The Kier molecular flexibility index (Phi) is 4.63. The van der Waals surface area contributed by atoms with Crippen LogP contribution in [0.1, 0.15) is 32.8 Å². The predicted molar refractivity (Wildman–Crippen MR) is 88.4 cm³/mol. The highest BCUT2D eigenvalue weighted by Crippen LogP contribution is 2.30. The summed E-state index contributed by atoms with van der Waals surface area (Å²) in [6.07, 6.45) is 2.38. The van der Waals surface area contributed by atoms with Crippen molar-refractivity contribution in [2.75, 3.05) is 37.3 Å². The van der Waals surface area contributed by atoms with Crippen LogP contribution in [0, 0.1) is 0 Å². The van der Waals surface area contributed by atoms with Gasteiger partial charge in [-0.2, -0.15) is 4.31 Å². The van der Waals surface area contributed by atoms with Crippen LogP contribution in [0.15, 0.2) is 24.3 Å². The van der Waals surface area contributed by atoms with Crippen molar-refractivity contribution >= 4 is 15.7 Å². The first-order valence-corrected chi connectivity index (χ1v) is 9.39. The number of anilines is 1. The van der Waals surface area contributed by atoms with Crippen LogP contribution in [0.4, 0.5) is 5.69 Å². The van der Waals surface area contributed by atoms with Crippen LogP contribution in [0.5, 0.6) is 0 Å². The Balaban J connectivity index is 2.13. The van der Waals surface area contributed by atoms with Gasteiger partial charge in [-0.3, -0.25) is 0 Å². The maximum Gasteiger partial charge on any atom is 0.211 e. The van der Waals surface area contributed by atoms with Crippen molar-refractivity contribution in [1.29, 1.82) is 0 Å². The largest absolute Gasteiger partial charge is 0.369 e. The molecule has 1 aliphatic rings. The van der Waals surface area contributed by atoms with Gasteiger partial charge in [0, 0.05) is 31.9 Å².